The minimum atomic E-state index is -2.81. The number of sulfone groups is 1. The lowest BCUT2D eigenvalue weighted by Crippen LogP contribution is -2.45. The van der Waals surface area contributed by atoms with Gasteiger partial charge in [0.1, 0.15) is 9.84 Å². The van der Waals surface area contributed by atoms with Gasteiger partial charge in [-0.25, -0.2) is 8.42 Å². The van der Waals surface area contributed by atoms with Gasteiger partial charge in [0, 0.05) is 25.4 Å². The van der Waals surface area contributed by atoms with Crippen LogP contribution in [0.25, 0.3) is 0 Å². The summed E-state index contributed by atoms with van der Waals surface area (Å²) in [7, 11) is -0.726. The van der Waals surface area contributed by atoms with E-state index >= 15 is 0 Å². The number of likely N-dealkylation sites (N-methyl/N-ethyl adjacent to an activating group) is 1. The number of morpholine rings is 1. The van der Waals surface area contributed by atoms with Gasteiger partial charge in [-0.2, -0.15) is 0 Å². The van der Waals surface area contributed by atoms with E-state index in [4.69, 9.17) is 4.74 Å². The maximum Gasteiger partial charge on any atom is 0.150 e. The van der Waals surface area contributed by atoms with Gasteiger partial charge >= 0.3 is 0 Å². The molecule has 0 aromatic carbocycles. The standard InChI is InChI=1S/C11H24N2O3S/c1-3-17(14,15)8-4-5-12-9-11-10-13(2)6-7-16-11/h11-12H,3-10H2,1-2H3. The zero-order valence-corrected chi connectivity index (χ0v) is 11.6. The molecular formula is C11H24N2O3S. The van der Waals surface area contributed by atoms with Crippen molar-refractivity contribution in [3.8, 4) is 0 Å². The van der Waals surface area contributed by atoms with E-state index in [0.29, 0.717) is 6.42 Å². The van der Waals surface area contributed by atoms with Crippen molar-refractivity contribution >= 4 is 9.84 Å². The highest BCUT2D eigenvalue weighted by atomic mass is 32.2. The van der Waals surface area contributed by atoms with Gasteiger partial charge in [-0.15, -0.1) is 0 Å². The number of hydrogen-bond donors (Lipinski definition) is 1. The molecule has 6 heteroatoms. The van der Waals surface area contributed by atoms with Gasteiger partial charge < -0.3 is 15.0 Å². The predicted molar refractivity (Wildman–Crippen MR) is 69.1 cm³/mol. The molecule has 0 spiro atoms. The second-order valence-corrected chi connectivity index (χ2v) is 7.02. The van der Waals surface area contributed by atoms with Crippen molar-refractivity contribution in [1.29, 1.82) is 0 Å². The topological polar surface area (TPSA) is 58.6 Å². The molecule has 102 valence electrons. The van der Waals surface area contributed by atoms with Crippen LogP contribution in [0.5, 0.6) is 0 Å². The Labute approximate surface area is 104 Å². The largest absolute Gasteiger partial charge is 0.374 e. The Balaban J connectivity index is 2.04. The summed E-state index contributed by atoms with van der Waals surface area (Å²) in [5, 5.41) is 3.26. The Morgan fingerprint density at radius 3 is 2.88 bits per heavy atom. The highest BCUT2D eigenvalue weighted by Gasteiger charge is 2.16. The molecule has 0 aromatic heterocycles. The monoisotopic (exact) mass is 264 g/mol. The summed E-state index contributed by atoms with van der Waals surface area (Å²) in [6.07, 6.45) is 0.912. The summed E-state index contributed by atoms with van der Waals surface area (Å²) < 4.78 is 28.1. The van der Waals surface area contributed by atoms with Crippen LogP contribution < -0.4 is 5.32 Å². The molecule has 1 aliphatic rings. The first-order chi connectivity index (χ1) is 8.03. The highest BCUT2D eigenvalue weighted by molar-refractivity contribution is 7.91. The van der Waals surface area contributed by atoms with Gasteiger partial charge in [0.05, 0.1) is 18.5 Å². The van der Waals surface area contributed by atoms with E-state index in [0.717, 1.165) is 32.8 Å². The molecule has 0 saturated carbocycles. The quantitative estimate of drug-likeness (QED) is 0.642. The summed E-state index contributed by atoms with van der Waals surface area (Å²) in [4.78, 5) is 2.25. The number of rotatable bonds is 7. The minimum absolute atomic E-state index is 0.233. The molecule has 1 saturated heterocycles. The summed E-state index contributed by atoms with van der Waals surface area (Å²) in [5.74, 6) is 0.519. The molecule has 0 bridgehead atoms. The Hall–Kier alpha value is -0.170. The Bertz CT molecular complexity index is 306. The van der Waals surface area contributed by atoms with Crippen molar-refractivity contribution in [2.45, 2.75) is 19.4 Å². The fourth-order valence-corrected chi connectivity index (χ4v) is 2.69. The van der Waals surface area contributed by atoms with Crippen molar-refractivity contribution in [2.24, 2.45) is 0 Å². The van der Waals surface area contributed by atoms with E-state index in [2.05, 4.69) is 17.3 Å². The van der Waals surface area contributed by atoms with Crippen LogP contribution in [0.2, 0.25) is 0 Å². The molecule has 5 nitrogen and oxygen atoms in total. The SMILES string of the molecule is CCS(=O)(=O)CCCNCC1CN(C)CCO1. The lowest BCUT2D eigenvalue weighted by atomic mass is 10.3. The first-order valence-electron chi connectivity index (χ1n) is 6.25. The van der Waals surface area contributed by atoms with Crippen LogP contribution in [-0.2, 0) is 14.6 Å². The van der Waals surface area contributed by atoms with Gasteiger partial charge in [0.25, 0.3) is 0 Å². The Morgan fingerprint density at radius 2 is 2.24 bits per heavy atom. The smallest absolute Gasteiger partial charge is 0.150 e. The Kier molecular flexibility index (Phi) is 6.40. The van der Waals surface area contributed by atoms with E-state index in [-0.39, 0.29) is 17.6 Å². The van der Waals surface area contributed by atoms with Crippen LogP contribution >= 0.6 is 0 Å². The lowest BCUT2D eigenvalue weighted by molar-refractivity contribution is -0.0179. The molecule has 1 unspecified atom stereocenters. The number of hydrogen-bond acceptors (Lipinski definition) is 5. The third-order valence-corrected chi connectivity index (χ3v) is 4.75. The maximum atomic E-state index is 11.2. The summed E-state index contributed by atoms with van der Waals surface area (Å²) in [5.41, 5.74) is 0. The molecule has 0 radical (unpaired) electrons. The molecule has 1 rings (SSSR count). The van der Waals surface area contributed by atoms with Crippen molar-refractivity contribution in [3.63, 3.8) is 0 Å². The van der Waals surface area contributed by atoms with E-state index in [1.807, 2.05) is 0 Å². The van der Waals surface area contributed by atoms with E-state index in [1.54, 1.807) is 6.92 Å². The van der Waals surface area contributed by atoms with Crippen molar-refractivity contribution in [2.75, 3.05) is 51.3 Å². The number of nitrogens with one attached hydrogen (secondary N) is 1. The number of ether oxygens (including phenoxy) is 1. The van der Waals surface area contributed by atoms with Crippen LogP contribution in [0.1, 0.15) is 13.3 Å². The van der Waals surface area contributed by atoms with Crippen LogP contribution in [0.4, 0.5) is 0 Å². The fraction of sp³-hybridized carbons (Fsp3) is 1.00. The van der Waals surface area contributed by atoms with Crippen LogP contribution in [0, 0.1) is 0 Å². The average Bonchev–Trinajstić information content (AvgIpc) is 2.29. The van der Waals surface area contributed by atoms with Gasteiger partial charge in [-0.3, -0.25) is 0 Å². The molecule has 1 N–H and O–H groups in total. The normalized spacial score (nSPS) is 22.8. The first-order valence-corrected chi connectivity index (χ1v) is 8.07. The molecule has 1 aliphatic heterocycles. The van der Waals surface area contributed by atoms with Gasteiger partial charge in [0.2, 0.25) is 0 Å². The molecule has 1 heterocycles. The van der Waals surface area contributed by atoms with Crippen LogP contribution in [0.3, 0.4) is 0 Å². The maximum absolute atomic E-state index is 11.2. The second-order valence-electron chi connectivity index (χ2n) is 4.55. The van der Waals surface area contributed by atoms with Crippen molar-refractivity contribution < 1.29 is 13.2 Å². The minimum Gasteiger partial charge on any atom is -0.374 e. The molecule has 0 amide bonds. The lowest BCUT2D eigenvalue weighted by Gasteiger charge is -2.30. The third-order valence-electron chi connectivity index (χ3n) is 2.96. The highest BCUT2D eigenvalue weighted by Crippen LogP contribution is 2.01. The van der Waals surface area contributed by atoms with Gasteiger partial charge in [-0.05, 0) is 20.0 Å². The average molecular weight is 264 g/mol. The van der Waals surface area contributed by atoms with Crippen LogP contribution in [0.15, 0.2) is 0 Å². The molecular weight excluding hydrogens is 240 g/mol. The molecule has 1 atom stereocenters. The predicted octanol–water partition coefficient (Wildman–Crippen LogP) is -0.269. The van der Waals surface area contributed by atoms with E-state index < -0.39 is 9.84 Å². The molecule has 0 aliphatic carbocycles. The summed E-state index contributed by atoms with van der Waals surface area (Å²) in [6.45, 7) is 5.95. The van der Waals surface area contributed by atoms with E-state index in [1.165, 1.54) is 0 Å². The number of nitrogens with zero attached hydrogens (tertiary/aromatic N) is 1. The Morgan fingerprint density at radius 1 is 1.47 bits per heavy atom. The zero-order valence-electron chi connectivity index (χ0n) is 10.8. The van der Waals surface area contributed by atoms with Gasteiger partial charge in [-0.1, -0.05) is 6.92 Å². The molecule has 0 aromatic rings. The zero-order chi connectivity index (χ0) is 12.7. The van der Waals surface area contributed by atoms with Crippen LogP contribution in [-0.4, -0.2) is 70.8 Å². The first kappa shape index (κ1) is 14.9. The third kappa shape index (κ3) is 6.35. The molecule has 17 heavy (non-hydrogen) atoms. The van der Waals surface area contributed by atoms with Crippen molar-refractivity contribution in [1.82, 2.24) is 10.2 Å². The van der Waals surface area contributed by atoms with Crippen molar-refractivity contribution in [3.05, 3.63) is 0 Å². The summed E-state index contributed by atoms with van der Waals surface area (Å²) in [6, 6.07) is 0. The van der Waals surface area contributed by atoms with Gasteiger partial charge in [0.15, 0.2) is 0 Å². The fourth-order valence-electron chi connectivity index (χ4n) is 1.81. The molecule has 1 fully saturated rings. The second kappa shape index (κ2) is 7.31. The summed E-state index contributed by atoms with van der Waals surface area (Å²) >= 11 is 0. The van der Waals surface area contributed by atoms with E-state index in [9.17, 15) is 8.42 Å².